The minimum atomic E-state index is 0.0808. The van der Waals surface area contributed by atoms with Crippen molar-refractivity contribution >= 4 is 17.6 Å². The van der Waals surface area contributed by atoms with Gasteiger partial charge in [-0.2, -0.15) is 0 Å². The Hall–Kier alpha value is -3.02. The number of aryl methyl sites for hydroxylation is 2. The SMILES string of the molecule is Cc1ccc2c(c1)Oc1ccc(C)cc1C(N1CCN(C(=O)NC3CCCCC3)C(C)C1)=N2. The summed E-state index contributed by atoms with van der Waals surface area (Å²) >= 11 is 0. The quantitative estimate of drug-likeness (QED) is 0.626. The molecule has 2 fully saturated rings. The van der Waals surface area contributed by atoms with Crippen molar-refractivity contribution < 1.29 is 9.53 Å². The van der Waals surface area contributed by atoms with Gasteiger partial charge in [0.15, 0.2) is 5.75 Å². The summed E-state index contributed by atoms with van der Waals surface area (Å²) in [4.78, 5) is 22.4. The number of benzene rings is 2. The van der Waals surface area contributed by atoms with Gasteiger partial charge in [-0.1, -0.05) is 37.0 Å². The number of aliphatic imine (C=N–C) groups is 1. The number of carbonyl (C=O) groups excluding carboxylic acids is 1. The number of nitrogens with zero attached hydrogens (tertiary/aromatic N) is 3. The van der Waals surface area contributed by atoms with Crippen LogP contribution in [0.4, 0.5) is 10.5 Å². The zero-order valence-electron chi connectivity index (χ0n) is 19.9. The second-order valence-electron chi connectivity index (χ2n) is 9.78. The van der Waals surface area contributed by atoms with Gasteiger partial charge in [0, 0.05) is 31.7 Å². The van der Waals surface area contributed by atoms with E-state index in [4.69, 9.17) is 9.73 Å². The molecule has 0 bridgehead atoms. The Labute approximate surface area is 196 Å². The molecule has 2 amide bonds. The van der Waals surface area contributed by atoms with Crippen LogP contribution in [0.5, 0.6) is 11.5 Å². The van der Waals surface area contributed by atoms with E-state index in [2.05, 4.69) is 49.2 Å². The van der Waals surface area contributed by atoms with Crippen molar-refractivity contribution in [2.75, 3.05) is 19.6 Å². The minimum Gasteiger partial charge on any atom is -0.454 e. The lowest BCUT2D eigenvalue weighted by molar-refractivity contribution is 0.130. The van der Waals surface area contributed by atoms with Gasteiger partial charge in [0.25, 0.3) is 0 Å². The highest BCUT2D eigenvalue weighted by Gasteiger charge is 2.32. The molecule has 1 unspecified atom stereocenters. The van der Waals surface area contributed by atoms with Gasteiger partial charge in [-0.3, -0.25) is 0 Å². The van der Waals surface area contributed by atoms with E-state index < -0.39 is 0 Å². The zero-order valence-corrected chi connectivity index (χ0v) is 19.9. The third kappa shape index (κ3) is 4.56. The highest BCUT2D eigenvalue weighted by Crippen LogP contribution is 2.39. The highest BCUT2D eigenvalue weighted by molar-refractivity contribution is 6.04. The Morgan fingerprint density at radius 3 is 2.55 bits per heavy atom. The van der Waals surface area contributed by atoms with Gasteiger partial charge in [0.2, 0.25) is 0 Å². The molecule has 33 heavy (non-hydrogen) atoms. The maximum absolute atomic E-state index is 13.0. The lowest BCUT2D eigenvalue weighted by atomic mass is 9.96. The molecule has 3 aliphatic rings. The summed E-state index contributed by atoms with van der Waals surface area (Å²) in [5, 5.41) is 3.28. The molecule has 5 rings (SSSR count). The minimum absolute atomic E-state index is 0.0808. The van der Waals surface area contributed by atoms with Gasteiger partial charge < -0.3 is 19.9 Å². The van der Waals surface area contributed by atoms with Crippen molar-refractivity contribution in [2.45, 2.75) is 65.0 Å². The molecule has 6 nitrogen and oxygen atoms in total. The first-order chi connectivity index (χ1) is 16.0. The van der Waals surface area contributed by atoms with Crippen molar-refractivity contribution in [1.29, 1.82) is 0 Å². The number of amides is 2. The number of amidine groups is 1. The molecule has 2 aliphatic heterocycles. The van der Waals surface area contributed by atoms with E-state index >= 15 is 0 Å². The van der Waals surface area contributed by atoms with E-state index in [9.17, 15) is 4.79 Å². The van der Waals surface area contributed by atoms with E-state index in [0.717, 1.165) is 60.1 Å². The number of urea groups is 1. The number of ether oxygens (including phenoxy) is 1. The number of nitrogens with one attached hydrogen (secondary N) is 1. The van der Waals surface area contributed by atoms with Crippen molar-refractivity contribution in [2.24, 2.45) is 4.99 Å². The van der Waals surface area contributed by atoms with Gasteiger partial charge in [-0.05, 0) is 63.4 Å². The molecule has 174 valence electrons. The van der Waals surface area contributed by atoms with Crippen molar-refractivity contribution in [3.05, 3.63) is 53.1 Å². The predicted molar refractivity (Wildman–Crippen MR) is 132 cm³/mol. The first-order valence-electron chi connectivity index (χ1n) is 12.3. The molecule has 1 atom stereocenters. The molecule has 0 aromatic heterocycles. The van der Waals surface area contributed by atoms with Crippen molar-refractivity contribution in [3.8, 4) is 11.5 Å². The molecular formula is C27H34N4O2. The number of piperazine rings is 1. The van der Waals surface area contributed by atoms with E-state index in [1.165, 1.54) is 24.8 Å². The van der Waals surface area contributed by atoms with Crippen molar-refractivity contribution in [1.82, 2.24) is 15.1 Å². The molecule has 2 aromatic rings. The van der Waals surface area contributed by atoms with Gasteiger partial charge in [-0.25, -0.2) is 9.79 Å². The zero-order chi connectivity index (χ0) is 22.9. The van der Waals surface area contributed by atoms with Gasteiger partial charge >= 0.3 is 6.03 Å². The van der Waals surface area contributed by atoms with Crippen molar-refractivity contribution in [3.63, 3.8) is 0 Å². The molecule has 2 heterocycles. The topological polar surface area (TPSA) is 57.2 Å². The summed E-state index contributed by atoms with van der Waals surface area (Å²) in [6, 6.07) is 12.9. The van der Waals surface area contributed by atoms with Crippen LogP contribution >= 0.6 is 0 Å². The fourth-order valence-electron chi connectivity index (χ4n) is 5.19. The van der Waals surface area contributed by atoms with E-state index in [1.807, 2.05) is 23.1 Å². The molecule has 1 saturated carbocycles. The lowest BCUT2D eigenvalue weighted by Gasteiger charge is -2.41. The molecule has 1 saturated heterocycles. The summed E-state index contributed by atoms with van der Waals surface area (Å²) in [7, 11) is 0. The first-order valence-corrected chi connectivity index (χ1v) is 12.3. The van der Waals surface area contributed by atoms with Gasteiger partial charge in [0.1, 0.15) is 17.3 Å². The summed E-state index contributed by atoms with van der Waals surface area (Å²) in [5.74, 6) is 2.54. The second kappa shape index (κ2) is 9.08. The van der Waals surface area contributed by atoms with Crippen LogP contribution in [0.25, 0.3) is 0 Å². The Balaban J connectivity index is 1.39. The molecule has 0 spiro atoms. The average Bonchev–Trinajstić information content (AvgIpc) is 2.95. The molecule has 6 heteroatoms. The van der Waals surface area contributed by atoms with Gasteiger partial charge in [0.05, 0.1) is 5.56 Å². The Bertz CT molecular complexity index is 1070. The number of hydrogen-bond acceptors (Lipinski definition) is 4. The fraction of sp³-hybridized carbons (Fsp3) is 0.481. The van der Waals surface area contributed by atoms with Crippen LogP contribution < -0.4 is 10.1 Å². The molecule has 0 radical (unpaired) electrons. The van der Waals surface area contributed by atoms with Crippen LogP contribution in [-0.2, 0) is 0 Å². The van der Waals surface area contributed by atoms with Crippen LogP contribution in [0, 0.1) is 13.8 Å². The number of carbonyl (C=O) groups is 1. The Morgan fingerprint density at radius 2 is 1.76 bits per heavy atom. The summed E-state index contributed by atoms with van der Waals surface area (Å²) in [6.07, 6.45) is 5.93. The van der Waals surface area contributed by atoms with Gasteiger partial charge in [-0.15, -0.1) is 0 Å². The maximum atomic E-state index is 13.0. The smallest absolute Gasteiger partial charge is 0.317 e. The third-order valence-corrected chi connectivity index (χ3v) is 7.06. The molecule has 2 aromatic carbocycles. The Morgan fingerprint density at radius 1 is 1.00 bits per heavy atom. The number of rotatable bonds is 1. The number of fused-ring (bicyclic) bond motifs is 2. The van der Waals surface area contributed by atoms with E-state index in [0.29, 0.717) is 12.6 Å². The molecule has 1 aliphatic carbocycles. The van der Waals surface area contributed by atoms with E-state index in [1.54, 1.807) is 0 Å². The summed E-state index contributed by atoms with van der Waals surface area (Å²) in [6.45, 7) is 8.46. The van der Waals surface area contributed by atoms with Crippen LogP contribution in [0.15, 0.2) is 41.4 Å². The highest BCUT2D eigenvalue weighted by atomic mass is 16.5. The monoisotopic (exact) mass is 446 g/mol. The predicted octanol–water partition coefficient (Wildman–Crippen LogP) is 5.54. The standard InChI is InChI=1S/C27H34N4O2/c1-18-10-12-24-22(15-18)26(29-23-11-9-19(2)16-25(23)33-24)30-13-14-31(20(3)17-30)27(32)28-21-7-5-4-6-8-21/h9-12,15-16,20-21H,4-8,13-14,17H2,1-3H3,(H,28,32). The normalized spacial score (nSPS) is 20.8. The van der Waals surface area contributed by atoms with Crippen LogP contribution in [0.2, 0.25) is 0 Å². The van der Waals surface area contributed by atoms with Crippen LogP contribution in [0.1, 0.15) is 55.7 Å². The van der Waals surface area contributed by atoms with E-state index in [-0.39, 0.29) is 12.1 Å². The second-order valence-corrected chi connectivity index (χ2v) is 9.78. The van der Waals surface area contributed by atoms with Crippen LogP contribution in [-0.4, -0.2) is 53.4 Å². The largest absolute Gasteiger partial charge is 0.454 e. The average molecular weight is 447 g/mol. The fourth-order valence-corrected chi connectivity index (χ4v) is 5.19. The maximum Gasteiger partial charge on any atom is 0.317 e. The molecule has 1 N–H and O–H groups in total. The Kier molecular flexibility index (Phi) is 6.00. The van der Waals surface area contributed by atoms with Crippen LogP contribution in [0.3, 0.4) is 0 Å². The first kappa shape index (κ1) is 21.8. The summed E-state index contributed by atoms with van der Waals surface area (Å²) < 4.78 is 6.31. The lowest BCUT2D eigenvalue weighted by Crippen LogP contribution is -2.58. The number of hydrogen-bond donors (Lipinski definition) is 1. The third-order valence-electron chi connectivity index (χ3n) is 7.06. The molecular weight excluding hydrogens is 412 g/mol. The summed E-state index contributed by atoms with van der Waals surface area (Å²) in [5.41, 5.74) is 4.17.